The van der Waals surface area contributed by atoms with E-state index in [1.165, 1.54) is 26.5 Å². The minimum absolute atomic E-state index is 0.0909. The van der Waals surface area contributed by atoms with E-state index in [1.807, 2.05) is 0 Å². The molecule has 0 amide bonds. The van der Waals surface area contributed by atoms with Crippen molar-refractivity contribution in [1.29, 1.82) is 0 Å². The number of nitrogens with zero attached hydrogens (tertiary/aromatic N) is 1. The SMILES string of the molecule is COC(=O)CCCN1CCCC1C. The highest BCUT2D eigenvalue weighted by atomic mass is 16.5. The lowest BCUT2D eigenvalue weighted by Crippen LogP contribution is -2.28. The van der Waals surface area contributed by atoms with E-state index in [1.54, 1.807) is 0 Å². The first kappa shape index (κ1) is 10.5. The van der Waals surface area contributed by atoms with Crippen molar-refractivity contribution in [2.45, 2.75) is 38.6 Å². The van der Waals surface area contributed by atoms with Gasteiger partial charge in [0.1, 0.15) is 0 Å². The molecule has 0 saturated carbocycles. The van der Waals surface area contributed by atoms with Crippen LogP contribution in [-0.2, 0) is 9.53 Å². The van der Waals surface area contributed by atoms with Crippen LogP contribution in [0.15, 0.2) is 0 Å². The molecule has 1 rings (SSSR count). The Balaban J connectivity index is 2.08. The molecule has 1 unspecified atom stereocenters. The Kier molecular flexibility index (Phi) is 4.22. The average Bonchev–Trinajstić information content (AvgIpc) is 2.52. The van der Waals surface area contributed by atoms with Crippen LogP contribution >= 0.6 is 0 Å². The Morgan fingerprint density at radius 1 is 1.62 bits per heavy atom. The summed E-state index contributed by atoms with van der Waals surface area (Å²) < 4.78 is 4.58. The van der Waals surface area contributed by atoms with Crippen LogP contribution in [0, 0.1) is 0 Å². The van der Waals surface area contributed by atoms with Gasteiger partial charge >= 0.3 is 5.97 Å². The van der Waals surface area contributed by atoms with Gasteiger partial charge in [0.2, 0.25) is 0 Å². The second kappa shape index (κ2) is 5.22. The number of methoxy groups -OCH3 is 1. The number of carbonyl (C=O) groups is 1. The van der Waals surface area contributed by atoms with Crippen LogP contribution in [0.2, 0.25) is 0 Å². The van der Waals surface area contributed by atoms with Gasteiger partial charge in [0.05, 0.1) is 7.11 Å². The minimum atomic E-state index is -0.0909. The molecular formula is C10H19NO2. The number of esters is 1. The standard InChI is InChI=1S/C10H19NO2/c1-9-5-3-7-11(9)8-4-6-10(12)13-2/h9H,3-8H2,1-2H3. The summed E-state index contributed by atoms with van der Waals surface area (Å²) in [5.74, 6) is -0.0909. The normalized spacial score (nSPS) is 23.4. The van der Waals surface area contributed by atoms with E-state index in [-0.39, 0.29) is 5.97 Å². The Morgan fingerprint density at radius 2 is 2.38 bits per heavy atom. The van der Waals surface area contributed by atoms with Crippen molar-refractivity contribution in [3.8, 4) is 0 Å². The highest BCUT2D eigenvalue weighted by Gasteiger charge is 2.19. The fraction of sp³-hybridized carbons (Fsp3) is 0.900. The Hall–Kier alpha value is -0.570. The molecule has 1 aliphatic heterocycles. The van der Waals surface area contributed by atoms with Crippen molar-refractivity contribution >= 4 is 5.97 Å². The van der Waals surface area contributed by atoms with Crippen molar-refractivity contribution in [1.82, 2.24) is 4.90 Å². The lowest BCUT2D eigenvalue weighted by Gasteiger charge is -2.20. The molecule has 0 bridgehead atoms. The molecule has 1 heterocycles. The first-order chi connectivity index (χ1) is 6.24. The number of rotatable bonds is 4. The molecule has 76 valence electrons. The molecule has 0 aromatic heterocycles. The highest BCUT2D eigenvalue weighted by molar-refractivity contribution is 5.69. The van der Waals surface area contributed by atoms with E-state index in [0.717, 1.165) is 13.0 Å². The first-order valence-electron chi connectivity index (χ1n) is 5.05. The highest BCUT2D eigenvalue weighted by Crippen LogP contribution is 2.16. The lowest BCUT2D eigenvalue weighted by molar-refractivity contribution is -0.140. The summed E-state index contributed by atoms with van der Waals surface area (Å²) in [5, 5.41) is 0. The Morgan fingerprint density at radius 3 is 2.92 bits per heavy atom. The largest absolute Gasteiger partial charge is 0.469 e. The summed E-state index contributed by atoms with van der Waals surface area (Å²) in [6.07, 6.45) is 4.09. The number of carbonyl (C=O) groups excluding carboxylic acids is 1. The summed E-state index contributed by atoms with van der Waals surface area (Å²) >= 11 is 0. The van der Waals surface area contributed by atoms with Crippen molar-refractivity contribution in [2.24, 2.45) is 0 Å². The van der Waals surface area contributed by atoms with E-state index in [0.29, 0.717) is 12.5 Å². The summed E-state index contributed by atoms with van der Waals surface area (Å²) in [6.45, 7) is 4.49. The van der Waals surface area contributed by atoms with Crippen molar-refractivity contribution in [3.63, 3.8) is 0 Å². The van der Waals surface area contributed by atoms with Gasteiger partial charge in [-0.2, -0.15) is 0 Å². The maximum absolute atomic E-state index is 10.8. The van der Waals surface area contributed by atoms with Crippen LogP contribution in [0.25, 0.3) is 0 Å². The zero-order valence-electron chi connectivity index (χ0n) is 8.58. The van der Waals surface area contributed by atoms with Crippen LogP contribution < -0.4 is 0 Å². The third kappa shape index (κ3) is 3.35. The maximum Gasteiger partial charge on any atom is 0.305 e. The molecule has 0 N–H and O–H groups in total. The van der Waals surface area contributed by atoms with Gasteiger partial charge in [0.25, 0.3) is 0 Å². The van der Waals surface area contributed by atoms with Gasteiger partial charge in [-0.25, -0.2) is 0 Å². The van der Waals surface area contributed by atoms with Crippen LogP contribution in [0.1, 0.15) is 32.6 Å². The molecule has 0 aliphatic carbocycles. The molecule has 13 heavy (non-hydrogen) atoms. The predicted octanol–water partition coefficient (Wildman–Crippen LogP) is 1.42. The van der Waals surface area contributed by atoms with Crippen LogP contribution in [-0.4, -0.2) is 37.1 Å². The van der Waals surface area contributed by atoms with Crippen LogP contribution in [0.5, 0.6) is 0 Å². The zero-order valence-corrected chi connectivity index (χ0v) is 8.58. The van der Waals surface area contributed by atoms with Crippen LogP contribution in [0.3, 0.4) is 0 Å². The van der Waals surface area contributed by atoms with Crippen molar-refractivity contribution in [3.05, 3.63) is 0 Å². The molecule has 3 nitrogen and oxygen atoms in total. The fourth-order valence-electron chi connectivity index (χ4n) is 1.85. The van der Waals surface area contributed by atoms with Crippen molar-refractivity contribution in [2.75, 3.05) is 20.2 Å². The Bertz CT molecular complexity index is 170. The molecule has 0 spiro atoms. The fourth-order valence-corrected chi connectivity index (χ4v) is 1.85. The minimum Gasteiger partial charge on any atom is -0.469 e. The van der Waals surface area contributed by atoms with Gasteiger partial charge in [-0.3, -0.25) is 4.79 Å². The summed E-state index contributed by atoms with van der Waals surface area (Å²) in [5.41, 5.74) is 0. The second-order valence-corrected chi connectivity index (χ2v) is 3.71. The monoisotopic (exact) mass is 185 g/mol. The number of ether oxygens (including phenoxy) is 1. The zero-order chi connectivity index (χ0) is 9.68. The first-order valence-corrected chi connectivity index (χ1v) is 5.05. The van der Waals surface area contributed by atoms with Gasteiger partial charge in [-0.1, -0.05) is 0 Å². The van der Waals surface area contributed by atoms with Gasteiger partial charge in [0.15, 0.2) is 0 Å². The average molecular weight is 185 g/mol. The van der Waals surface area contributed by atoms with Crippen LogP contribution in [0.4, 0.5) is 0 Å². The summed E-state index contributed by atoms with van der Waals surface area (Å²) in [6, 6.07) is 0.706. The molecule has 1 saturated heterocycles. The third-order valence-electron chi connectivity index (χ3n) is 2.74. The smallest absolute Gasteiger partial charge is 0.305 e. The topological polar surface area (TPSA) is 29.5 Å². The van der Waals surface area contributed by atoms with E-state index in [4.69, 9.17) is 0 Å². The molecule has 0 aromatic carbocycles. The quantitative estimate of drug-likeness (QED) is 0.620. The van der Waals surface area contributed by atoms with E-state index in [2.05, 4.69) is 16.6 Å². The molecule has 0 aromatic rings. The van der Waals surface area contributed by atoms with Gasteiger partial charge in [-0.05, 0) is 39.3 Å². The van der Waals surface area contributed by atoms with E-state index in [9.17, 15) is 4.79 Å². The third-order valence-corrected chi connectivity index (χ3v) is 2.74. The number of likely N-dealkylation sites (tertiary alicyclic amines) is 1. The predicted molar refractivity (Wildman–Crippen MR) is 51.5 cm³/mol. The second-order valence-electron chi connectivity index (χ2n) is 3.71. The van der Waals surface area contributed by atoms with Crippen molar-refractivity contribution < 1.29 is 9.53 Å². The van der Waals surface area contributed by atoms with E-state index >= 15 is 0 Å². The number of hydrogen-bond donors (Lipinski definition) is 0. The Labute approximate surface area is 80.1 Å². The van der Waals surface area contributed by atoms with Gasteiger partial charge < -0.3 is 9.64 Å². The molecule has 1 fully saturated rings. The van der Waals surface area contributed by atoms with Gasteiger partial charge in [-0.15, -0.1) is 0 Å². The molecule has 3 heteroatoms. The lowest BCUT2D eigenvalue weighted by atomic mass is 10.2. The molecule has 0 radical (unpaired) electrons. The number of hydrogen-bond acceptors (Lipinski definition) is 3. The summed E-state index contributed by atoms with van der Waals surface area (Å²) in [7, 11) is 1.45. The maximum atomic E-state index is 10.8. The molecular weight excluding hydrogens is 166 g/mol. The van der Waals surface area contributed by atoms with E-state index < -0.39 is 0 Å². The van der Waals surface area contributed by atoms with Gasteiger partial charge in [0, 0.05) is 12.5 Å². The molecule has 1 aliphatic rings. The summed E-state index contributed by atoms with van der Waals surface area (Å²) in [4.78, 5) is 13.3. The molecule has 1 atom stereocenters.